The Morgan fingerprint density at radius 3 is 2.87 bits per heavy atom. The molecule has 1 nitrogen and oxygen atoms in total. The Morgan fingerprint density at radius 2 is 2.20 bits per heavy atom. The minimum atomic E-state index is 0.309. The van der Waals surface area contributed by atoms with Crippen LogP contribution in [0.1, 0.15) is 31.4 Å². The van der Waals surface area contributed by atoms with E-state index in [2.05, 4.69) is 24.9 Å². The van der Waals surface area contributed by atoms with Gasteiger partial charge in [-0.3, -0.25) is 0 Å². The fourth-order valence-electron chi connectivity index (χ4n) is 1.50. The van der Waals surface area contributed by atoms with Crippen molar-refractivity contribution < 1.29 is 0 Å². The molecule has 1 aromatic rings. The molecule has 0 saturated heterocycles. The van der Waals surface area contributed by atoms with Gasteiger partial charge in [0.2, 0.25) is 0 Å². The third-order valence-corrected chi connectivity index (χ3v) is 2.75. The van der Waals surface area contributed by atoms with Crippen LogP contribution in [-0.4, -0.2) is 6.54 Å². The van der Waals surface area contributed by atoms with Gasteiger partial charge in [0.15, 0.2) is 0 Å². The molecule has 0 spiro atoms. The minimum absolute atomic E-state index is 0.309. The van der Waals surface area contributed by atoms with Crippen molar-refractivity contribution in [3.63, 3.8) is 0 Å². The van der Waals surface area contributed by atoms with Gasteiger partial charge in [0.25, 0.3) is 0 Å². The third-order valence-electron chi connectivity index (χ3n) is 2.41. The van der Waals surface area contributed by atoms with Crippen LogP contribution in [0.15, 0.2) is 36.9 Å². The van der Waals surface area contributed by atoms with Crippen LogP contribution in [0.3, 0.4) is 0 Å². The summed E-state index contributed by atoms with van der Waals surface area (Å²) in [4.78, 5) is 0. The Hall–Kier alpha value is -0.790. The van der Waals surface area contributed by atoms with Gasteiger partial charge in [0, 0.05) is 11.1 Å². The number of nitrogens with one attached hydrogen (secondary N) is 1. The van der Waals surface area contributed by atoms with Crippen LogP contribution in [0.25, 0.3) is 0 Å². The van der Waals surface area contributed by atoms with Gasteiger partial charge in [0.05, 0.1) is 0 Å². The molecule has 2 heteroatoms. The predicted molar refractivity (Wildman–Crippen MR) is 67.3 cm³/mol. The first-order chi connectivity index (χ1) is 7.25. The SMILES string of the molecule is C=CCCCN[C@@H](C)c1ccccc1Cl. The van der Waals surface area contributed by atoms with Gasteiger partial charge in [0.1, 0.15) is 0 Å². The molecule has 0 unspecified atom stereocenters. The number of unbranched alkanes of at least 4 members (excludes halogenated alkanes) is 1. The number of rotatable bonds is 6. The Kier molecular flexibility index (Phi) is 5.44. The molecule has 1 aromatic carbocycles. The molecule has 0 heterocycles. The van der Waals surface area contributed by atoms with Gasteiger partial charge >= 0.3 is 0 Å². The van der Waals surface area contributed by atoms with E-state index in [9.17, 15) is 0 Å². The molecule has 15 heavy (non-hydrogen) atoms. The first kappa shape index (κ1) is 12.3. The maximum absolute atomic E-state index is 6.10. The molecule has 1 rings (SSSR count). The Labute approximate surface area is 97.1 Å². The van der Waals surface area contributed by atoms with Gasteiger partial charge in [-0.2, -0.15) is 0 Å². The fourth-order valence-corrected chi connectivity index (χ4v) is 1.80. The van der Waals surface area contributed by atoms with Crippen molar-refractivity contribution in [3.8, 4) is 0 Å². The summed E-state index contributed by atoms with van der Waals surface area (Å²) >= 11 is 6.10. The molecule has 0 radical (unpaired) electrons. The highest BCUT2D eigenvalue weighted by atomic mass is 35.5. The molecule has 0 saturated carbocycles. The first-order valence-corrected chi connectivity index (χ1v) is 5.72. The highest BCUT2D eigenvalue weighted by Crippen LogP contribution is 2.21. The van der Waals surface area contributed by atoms with E-state index in [-0.39, 0.29) is 0 Å². The van der Waals surface area contributed by atoms with Crippen LogP contribution in [0, 0.1) is 0 Å². The lowest BCUT2D eigenvalue weighted by molar-refractivity contribution is 0.561. The van der Waals surface area contributed by atoms with Crippen molar-refractivity contribution in [1.29, 1.82) is 0 Å². The van der Waals surface area contributed by atoms with E-state index in [0.717, 1.165) is 30.0 Å². The summed E-state index contributed by atoms with van der Waals surface area (Å²) in [7, 11) is 0. The van der Waals surface area contributed by atoms with E-state index in [1.54, 1.807) is 0 Å². The summed E-state index contributed by atoms with van der Waals surface area (Å²) in [5.74, 6) is 0. The van der Waals surface area contributed by atoms with Gasteiger partial charge in [-0.15, -0.1) is 6.58 Å². The van der Waals surface area contributed by atoms with Crippen molar-refractivity contribution in [2.45, 2.75) is 25.8 Å². The minimum Gasteiger partial charge on any atom is -0.310 e. The van der Waals surface area contributed by atoms with Crippen molar-refractivity contribution >= 4 is 11.6 Å². The zero-order chi connectivity index (χ0) is 11.1. The van der Waals surface area contributed by atoms with E-state index in [4.69, 9.17) is 11.6 Å². The number of halogens is 1. The molecule has 1 atom stereocenters. The van der Waals surface area contributed by atoms with Crippen molar-refractivity contribution in [1.82, 2.24) is 5.32 Å². The second-order valence-electron chi connectivity index (χ2n) is 3.63. The normalized spacial score (nSPS) is 12.4. The fraction of sp³-hybridized carbons (Fsp3) is 0.385. The molecule has 0 amide bonds. The van der Waals surface area contributed by atoms with Crippen molar-refractivity contribution in [3.05, 3.63) is 47.5 Å². The molecule has 0 fully saturated rings. The lowest BCUT2D eigenvalue weighted by Crippen LogP contribution is -2.19. The highest BCUT2D eigenvalue weighted by molar-refractivity contribution is 6.31. The largest absolute Gasteiger partial charge is 0.310 e. The van der Waals surface area contributed by atoms with Crippen molar-refractivity contribution in [2.24, 2.45) is 0 Å². The Bertz CT molecular complexity index is 309. The standard InChI is InChI=1S/C13H18ClN/c1-3-4-7-10-15-11(2)12-8-5-6-9-13(12)14/h3,5-6,8-9,11,15H,1,4,7,10H2,2H3/t11-/m0/s1. The second kappa shape index (κ2) is 6.65. The number of hydrogen-bond donors (Lipinski definition) is 1. The Morgan fingerprint density at radius 1 is 1.47 bits per heavy atom. The number of benzene rings is 1. The summed E-state index contributed by atoms with van der Waals surface area (Å²) in [5.41, 5.74) is 1.16. The number of allylic oxidation sites excluding steroid dienone is 1. The molecule has 1 N–H and O–H groups in total. The molecule has 0 aromatic heterocycles. The molecular formula is C13H18ClN. The molecule has 0 aliphatic carbocycles. The zero-order valence-corrected chi connectivity index (χ0v) is 9.93. The topological polar surface area (TPSA) is 12.0 Å². The summed E-state index contributed by atoms with van der Waals surface area (Å²) in [5, 5.41) is 4.28. The van der Waals surface area contributed by atoms with E-state index < -0.39 is 0 Å². The van der Waals surface area contributed by atoms with Crippen LogP contribution in [0.5, 0.6) is 0 Å². The zero-order valence-electron chi connectivity index (χ0n) is 9.17. The lowest BCUT2D eigenvalue weighted by Gasteiger charge is -2.15. The lowest BCUT2D eigenvalue weighted by atomic mass is 10.1. The van der Waals surface area contributed by atoms with E-state index in [1.165, 1.54) is 0 Å². The quantitative estimate of drug-likeness (QED) is 0.569. The van der Waals surface area contributed by atoms with Gasteiger partial charge in [-0.25, -0.2) is 0 Å². The summed E-state index contributed by atoms with van der Waals surface area (Å²) in [6.07, 6.45) is 4.13. The molecule has 82 valence electrons. The average molecular weight is 224 g/mol. The Balaban J connectivity index is 2.43. The molecule has 0 bridgehead atoms. The maximum atomic E-state index is 6.10. The van der Waals surface area contributed by atoms with Crippen LogP contribution < -0.4 is 5.32 Å². The summed E-state index contributed by atoms with van der Waals surface area (Å²) in [6.45, 7) is 6.83. The van der Waals surface area contributed by atoms with E-state index in [1.807, 2.05) is 24.3 Å². The molecule has 0 aliphatic heterocycles. The van der Waals surface area contributed by atoms with Crippen LogP contribution in [0.2, 0.25) is 5.02 Å². The maximum Gasteiger partial charge on any atom is 0.0453 e. The van der Waals surface area contributed by atoms with Crippen molar-refractivity contribution in [2.75, 3.05) is 6.54 Å². The third kappa shape index (κ3) is 4.06. The van der Waals surface area contributed by atoms with Crippen LogP contribution in [-0.2, 0) is 0 Å². The van der Waals surface area contributed by atoms with Gasteiger partial charge < -0.3 is 5.32 Å². The highest BCUT2D eigenvalue weighted by Gasteiger charge is 2.06. The van der Waals surface area contributed by atoms with E-state index >= 15 is 0 Å². The van der Waals surface area contributed by atoms with E-state index in [0.29, 0.717) is 6.04 Å². The predicted octanol–water partition coefficient (Wildman–Crippen LogP) is 3.96. The van der Waals surface area contributed by atoms with Crippen LogP contribution in [0.4, 0.5) is 0 Å². The average Bonchev–Trinajstić information content (AvgIpc) is 2.25. The first-order valence-electron chi connectivity index (χ1n) is 5.34. The number of hydrogen-bond acceptors (Lipinski definition) is 1. The summed E-state index contributed by atoms with van der Waals surface area (Å²) in [6, 6.07) is 8.27. The van der Waals surface area contributed by atoms with Crippen LogP contribution >= 0.6 is 11.6 Å². The monoisotopic (exact) mass is 223 g/mol. The molecular weight excluding hydrogens is 206 g/mol. The molecule has 0 aliphatic rings. The second-order valence-corrected chi connectivity index (χ2v) is 4.04. The van der Waals surface area contributed by atoms with Gasteiger partial charge in [-0.05, 0) is 37.9 Å². The smallest absolute Gasteiger partial charge is 0.0453 e. The van der Waals surface area contributed by atoms with Gasteiger partial charge in [-0.1, -0.05) is 35.9 Å². The summed E-state index contributed by atoms with van der Waals surface area (Å²) < 4.78 is 0.